The molecule has 0 aromatic heterocycles. The molecule has 0 bridgehead atoms. The van der Waals surface area contributed by atoms with Crippen molar-refractivity contribution in [3.63, 3.8) is 0 Å². The molecule has 0 spiro atoms. The topological polar surface area (TPSA) is 46.5 Å². The Bertz CT molecular complexity index is 944. The number of carboxylic acids is 1. The Labute approximate surface area is 230 Å². The van der Waals surface area contributed by atoms with Crippen molar-refractivity contribution in [2.45, 2.75) is 127 Å². The number of unbranched alkanes of at least 4 members (excludes halogenated alkanes) is 9. The zero-order valence-corrected chi connectivity index (χ0v) is 23.7. The van der Waals surface area contributed by atoms with Gasteiger partial charge in [-0.1, -0.05) is 133 Å². The van der Waals surface area contributed by atoms with Gasteiger partial charge in [-0.2, -0.15) is 0 Å². The average Bonchev–Trinajstić information content (AvgIpc) is 2.94. The van der Waals surface area contributed by atoms with Gasteiger partial charge in [0.15, 0.2) is 0 Å². The molecule has 3 rings (SSSR count). The van der Waals surface area contributed by atoms with Gasteiger partial charge < -0.3 is 9.84 Å². The Morgan fingerprint density at radius 2 is 1.39 bits per heavy atom. The number of aliphatic carboxylic acids is 1. The summed E-state index contributed by atoms with van der Waals surface area (Å²) in [6.07, 6.45) is 12.7. The van der Waals surface area contributed by atoms with Crippen LogP contribution in [0.15, 0.2) is 54.6 Å². The number of hydrogen-bond acceptors (Lipinski definition) is 2. The van der Waals surface area contributed by atoms with Crippen LogP contribution in [0.5, 0.6) is 0 Å². The molecule has 1 unspecified atom stereocenters. The summed E-state index contributed by atoms with van der Waals surface area (Å²) >= 11 is 0. The highest BCUT2D eigenvalue weighted by atomic mass is 19.1. The van der Waals surface area contributed by atoms with E-state index in [1.165, 1.54) is 38.5 Å². The van der Waals surface area contributed by atoms with Gasteiger partial charge in [-0.05, 0) is 42.4 Å². The fourth-order valence-corrected chi connectivity index (χ4v) is 6.07. The van der Waals surface area contributed by atoms with Crippen molar-refractivity contribution < 1.29 is 19.0 Å². The van der Waals surface area contributed by atoms with Crippen LogP contribution in [0.2, 0.25) is 0 Å². The first-order chi connectivity index (χ1) is 18.5. The number of halogens is 1. The van der Waals surface area contributed by atoms with Crippen molar-refractivity contribution in [3.05, 3.63) is 60.2 Å². The quantitative estimate of drug-likeness (QED) is 0.210. The van der Waals surface area contributed by atoms with Crippen LogP contribution >= 0.6 is 0 Å². The van der Waals surface area contributed by atoms with Gasteiger partial charge in [-0.15, -0.1) is 0 Å². The fourth-order valence-electron chi connectivity index (χ4n) is 6.07. The van der Waals surface area contributed by atoms with E-state index in [1.807, 2.05) is 54.6 Å². The van der Waals surface area contributed by atoms with Gasteiger partial charge >= 0.3 is 5.97 Å². The molecule has 1 N–H and O–H groups in total. The lowest BCUT2D eigenvalue weighted by atomic mass is 9.63. The SMILES string of the molecule is CCCCCCCCO[C@@]1(CCCCCCC)CC[C@](C(=O)O)(c2ccc(-c3ccccc3)cc2)CC1F. The molecule has 3 nitrogen and oxygen atoms in total. The molecule has 1 fully saturated rings. The highest BCUT2D eigenvalue weighted by Gasteiger charge is 2.54. The van der Waals surface area contributed by atoms with Gasteiger partial charge in [0, 0.05) is 13.0 Å². The van der Waals surface area contributed by atoms with Gasteiger partial charge in [-0.25, -0.2) is 4.39 Å². The molecule has 0 amide bonds. The summed E-state index contributed by atoms with van der Waals surface area (Å²) in [6.45, 7) is 4.97. The number of rotatable bonds is 17. The predicted molar refractivity (Wildman–Crippen MR) is 155 cm³/mol. The number of hydrogen-bond donors (Lipinski definition) is 1. The molecule has 1 aliphatic rings. The first kappa shape index (κ1) is 30.3. The number of ether oxygens (including phenoxy) is 1. The Kier molecular flexibility index (Phi) is 12.3. The van der Waals surface area contributed by atoms with Crippen LogP contribution in [0.4, 0.5) is 4.39 Å². The second-order valence-electron chi connectivity index (χ2n) is 11.3. The molecule has 0 radical (unpaired) electrons. The summed E-state index contributed by atoms with van der Waals surface area (Å²) in [6, 6.07) is 17.7. The third kappa shape index (κ3) is 7.91. The summed E-state index contributed by atoms with van der Waals surface area (Å²) in [5.74, 6) is -0.930. The van der Waals surface area contributed by atoms with Crippen molar-refractivity contribution in [3.8, 4) is 11.1 Å². The Balaban J connectivity index is 1.72. The zero-order valence-electron chi connectivity index (χ0n) is 23.7. The predicted octanol–water partition coefficient (Wildman–Crippen LogP) is 9.67. The minimum Gasteiger partial charge on any atom is -0.481 e. The second kappa shape index (κ2) is 15.4. The van der Waals surface area contributed by atoms with Crippen LogP contribution < -0.4 is 0 Å². The molecule has 0 aliphatic heterocycles. The standard InChI is InChI=1S/C34H49FO3/c1-3-5-7-9-11-16-26-38-34(23-15-10-8-6-4-2)25-24-33(32(36)37,27-31(34)35)30-21-19-29(20-22-30)28-17-13-12-14-18-28/h12-14,17-22,31H,3-11,15-16,23-27H2,1-2H3,(H,36,37)/t31?,33-,34+/m1/s1. The Hall–Kier alpha value is -2.20. The molecule has 38 heavy (non-hydrogen) atoms. The van der Waals surface area contributed by atoms with Gasteiger partial charge in [0.05, 0.1) is 11.0 Å². The van der Waals surface area contributed by atoms with Crippen molar-refractivity contribution in [2.75, 3.05) is 6.61 Å². The largest absolute Gasteiger partial charge is 0.481 e. The van der Waals surface area contributed by atoms with E-state index in [0.29, 0.717) is 31.4 Å². The molecule has 2 aromatic rings. The number of carboxylic acid groups (broad SMARTS) is 1. The number of alkyl halides is 1. The van der Waals surface area contributed by atoms with E-state index in [9.17, 15) is 9.90 Å². The van der Waals surface area contributed by atoms with Crippen LogP contribution in [0.3, 0.4) is 0 Å². The fraction of sp³-hybridized carbons (Fsp3) is 0.618. The van der Waals surface area contributed by atoms with Gasteiger partial charge in [0.25, 0.3) is 0 Å². The Morgan fingerprint density at radius 3 is 2.00 bits per heavy atom. The normalized spacial score (nSPS) is 23.4. The molecule has 3 atom stereocenters. The van der Waals surface area contributed by atoms with E-state index in [0.717, 1.165) is 43.2 Å². The van der Waals surface area contributed by atoms with Gasteiger partial charge in [0.2, 0.25) is 0 Å². The van der Waals surface area contributed by atoms with Crippen molar-refractivity contribution in [1.29, 1.82) is 0 Å². The lowest BCUT2D eigenvalue weighted by Gasteiger charge is -2.47. The van der Waals surface area contributed by atoms with E-state index in [2.05, 4.69) is 13.8 Å². The minimum absolute atomic E-state index is 0.0293. The maximum Gasteiger partial charge on any atom is 0.314 e. The van der Waals surface area contributed by atoms with E-state index in [1.54, 1.807) is 0 Å². The maximum absolute atomic E-state index is 16.3. The van der Waals surface area contributed by atoms with Crippen molar-refractivity contribution >= 4 is 5.97 Å². The third-order valence-corrected chi connectivity index (χ3v) is 8.62. The summed E-state index contributed by atoms with van der Waals surface area (Å²) in [5.41, 5.74) is 0.731. The first-order valence-corrected chi connectivity index (χ1v) is 15.1. The van der Waals surface area contributed by atoms with Crippen molar-refractivity contribution in [1.82, 2.24) is 0 Å². The molecule has 4 heteroatoms. The van der Waals surface area contributed by atoms with E-state index in [-0.39, 0.29) is 6.42 Å². The second-order valence-corrected chi connectivity index (χ2v) is 11.3. The van der Waals surface area contributed by atoms with Crippen LogP contribution in [0.25, 0.3) is 11.1 Å². The van der Waals surface area contributed by atoms with Crippen LogP contribution in [-0.2, 0) is 14.9 Å². The lowest BCUT2D eigenvalue weighted by molar-refractivity contribution is -0.161. The zero-order chi connectivity index (χ0) is 27.3. The molecule has 1 aliphatic carbocycles. The molecule has 1 saturated carbocycles. The molecule has 0 heterocycles. The van der Waals surface area contributed by atoms with Gasteiger partial charge in [-0.3, -0.25) is 4.79 Å². The minimum atomic E-state index is -1.30. The number of benzene rings is 2. The lowest BCUT2D eigenvalue weighted by Crippen LogP contribution is -2.54. The van der Waals surface area contributed by atoms with Crippen LogP contribution in [-0.4, -0.2) is 29.5 Å². The molecular formula is C34H49FO3. The van der Waals surface area contributed by atoms with E-state index in [4.69, 9.17) is 4.74 Å². The summed E-state index contributed by atoms with van der Waals surface area (Å²) in [7, 11) is 0. The monoisotopic (exact) mass is 524 g/mol. The third-order valence-electron chi connectivity index (χ3n) is 8.62. The van der Waals surface area contributed by atoms with Gasteiger partial charge in [0.1, 0.15) is 6.17 Å². The summed E-state index contributed by atoms with van der Waals surface area (Å²) in [4.78, 5) is 12.7. The molecule has 0 saturated heterocycles. The van der Waals surface area contributed by atoms with Crippen LogP contribution in [0.1, 0.15) is 116 Å². The summed E-state index contributed by atoms with van der Waals surface area (Å²) in [5, 5.41) is 10.4. The van der Waals surface area contributed by atoms with E-state index < -0.39 is 23.2 Å². The highest BCUT2D eigenvalue weighted by molar-refractivity contribution is 5.82. The average molecular weight is 525 g/mol. The smallest absolute Gasteiger partial charge is 0.314 e. The molecule has 210 valence electrons. The molecule has 2 aromatic carbocycles. The maximum atomic E-state index is 16.3. The molecular weight excluding hydrogens is 475 g/mol. The van der Waals surface area contributed by atoms with E-state index >= 15 is 4.39 Å². The highest BCUT2D eigenvalue weighted by Crippen LogP contribution is 2.48. The first-order valence-electron chi connectivity index (χ1n) is 15.1. The Morgan fingerprint density at radius 1 is 0.816 bits per heavy atom. The summed E-state index contributed by atoms with van der Waals surface area (Å²) < 4.78 is 22.7. The number of carbonyl (C=O) groups is 1. The van der Waals surface area contributed by atoms with Crippen LogP contribution in [0, 0.1) is 0 Å². The van der Waals surface area contributed by atoms with Crippen molar-refractivity contribution in [2.24, 2.45) is 0 Å².